The molecule has 3 nitrogen and oxygen atoms in total. The maximum absolute atomic E-state index is 6.16. The smallest absolute Gasteiger partial charge is 0.141 e. The second-order valence-electron chi connectivity index (χ2n) is 6.21. The highest BCUT2D eigenvalue weighted by Gasteiger charge is 2.13. The first-order valence-electron chi connectivity index (χ1n) is 8.18. The van der Waals surface area contributed by atoms with E-state index in [2.05, 4.69) is 22.8 Å². The van der Waals surface area contributed by atoms with Gasteiger partial charge in [0.25, 0.3) is 0 Å². The highest BCUT2D eigenvalue weighted by Crippen LogP contribution is 2.28. The number of rotatable bonds is 3. The number of benzene rings is 3. The molecule has 0 bridgehead atoms. The Kier molecular flexibility index (Phi) is 3.94. The molecule has 0 radical (unpaired) electrons. The standard InChI is InChI=1S/C21H18ClN3/c1-14-9-10-16(12-18(14)23)21-24-19-7-2-3-8-20(19)25(21)13-15-5-4-6-17(22)11-15/h2-12H,13,23H2,1H3. The summed E-state index contributed by atoms with van der Waals surface area (Å²) in [6, 6.07) is 22.2. The van der Waals surface area contributed by atoms with Gasteiger partial charge in [0, 0.05) is 22.8 Å². The molecule has 0 saturated carbocycles. The van der Waals surface area contributed by atoms with Crippen molar-refractivity contribution in [1.29, 1.82) is 0 Å². The third-order valence-corrected chi connectivity index (χ3v) is 4.66. The van der Waals surface area contributed by atoms with E-state index >= 15 is 0 Å². The van der Waals surface area contributed by atoms with E-state index in [4.69, 9.17) is 22.3 Å². The van der Waals surface area contributed by atoms with Gasteiger partial charge in [-0.15, -0.1) is 0 Å². The van der Waals surface area contributed by atoms with Crippen LogP contribution in [0.15, 0.2) is 66.7 Å². The molecule has 0 fully saturated rings. The molecule has 0 aliphatic heterocycles. The molecule has 0 spiro atoms. The van der Waals surface area contributed by atoms with Gasteiger partial charge in [-0.3, -0.25) is 0 Å². The Morgan fingerprint density at radius 2 is 1.84 bits per heavy atom. The Morgan fingerprint density at radius 1 is 1.00 bits per heavy atom. The van der Waals surface area contributed by atoms with E-state index < -0.39 is 0 Å². The van der Waals surface area contributed by atoms with Gasteiger partial charge in [0.2, 0.25) is 0 Å². The van der Waals surface area contributed by atoms with E-state index in [0.717, 1.165) is 44.3 Å². The van der Waals surface area contributed by atoms with Gasteiger partial charge in [0.1, 0.15) is 5.82 Å². The molecule has 1 aromatic heterocycles. The number of anilines is 1. The summed E-state index contributed by atoms with van der Waals surface area (Å²) in [6.45, 7) is 2.71. The maximum atomic E-state index is 6.16. The number of nitrogen functional groups attached to an aromatic ring is 1. The molecule has 0 unspecified atom stereocenters. The Morgan fingerprint density at radius 3 is 2.64 bits per heavy atom. The molecule has 4 aromatic rings. The monoisotopic (exact) mass is 347 g/mol. The van der Waals surface area contributed by atoms with Crippen LogP contribution >= 0.6 is 11.6 Å². The van der Waals surface area contributed by atoms with Gasteiger partial charge in [0.15, 0.2) is 0 Å². The van der Waals surface area contributed by atoms with Crippen LogP contribution in [-0.2, 0) is 6.54 Å². The largest absolute Gasteiger partial charge is 0.398 e. The van der Waals surface area contributed by atoms with Crippen LogP contribution in [0.25, 0.3) is 22.4 Å². The second kappa shape index (κ2) is 6.26. The zero-order chi connectivity index (χ0) is 17.4. The number of halogens is 1. The van der Waals surface area contributed by atoms with Crippen LogP contribution in [0.5, 0.6) is 0 Å². The molecular weight excluding hydrogens is 330 g/mol. The van der Waals surface area contributed by atoms with Gasteiger partial charge in [-0.25, -0.2) is 4.98 Å². The van der Waals surface area contributed by atoms with Crippen LogP contribution in [-0.4, -0.2) is 9.55 Å². The minimum atomic E-state index is 0.699. The molecule has 25 heavy (non-hydrogen) atoms. The molecule has 4 rings (SSSR count). The van der Waals surface area contributed by atoms with E-state index in [-0.39, 0.29) is 0 Å². The lowest BCUT2D eigenvalue weighted by Gasteiger charge is -2.11. The van der Waals surface area contributed by atoms with Gasteiger partial charge in [-0.2, -0.15) is 0 Å². The van der Waals surface area contributed by atoms with Crippen LogP contribution in [0.4, 0.5) is 5.69 Å². The minimum absolute atomic E-state index is 0.699. The van der Waals surface area contributed by atoms with E-state index in [1.54, 1.807) is 0 Å². The molecule has 3 aromatic carbocycles. The van der Waals surface area contributed by atoms with Crippen molar-refractivity contribution in [3.05, 3.63) is 82.9 Å². The van der Waals surface area contributed by atoms with E-state index in [1.807, 2.05) is 55.5 Å². The molecule has 0 saturated heterocycles. The van der Waals surface area contributed by atoms with Gasteiger partial charge < -0.3 is 10.3 Å². The molecular formula is C21H18ClN3. The highest BCUT2D eigenvalue weighted by molar-refractivity contribution is 6.30. The third-order valence-electron chi connectivity index (χ3n) is 4.42. The summed E-state index contributed by atoms with van der Waals surface area (Å²) in [5.41, 5.74) is 12.2. The molecule has 1 heterocycles. The second-order valence-corrected chi connectivity index (χ2v) is 6.65. The van der Waals surface area contributed by atoms with Crippen LogP contribution in [0.2, 0.25) is 5.02 Å². The van der Waals surface area contributed by atoms with Crippen LogP contribution in [0.1, 0.15) is 11.1 Å². The molecule has 0 amide bonds. The predicted octanol–water partition coefficient (Wildman–Crippen LogP) is 5.30. The first-order valence-corrected chi connectivity index (χ1v) is 8.56. The summed E-state index contributed by atoms with van der Waals surface area (Å²) < 4.78 is 2.21. The summed E-state index contributed by atoms with van der Waals surface area (Å²) in [4.78, 5) is 4.85. The lowest BCUT2D eigenvalue weighted by atomic mass is 10.1. The molecule has 124 valence electrons. The fraction of sp³-hybridized carbons (Fsp3) is 0.0952. The van der Waals surface area contributed by atoms with Crippen LogP contribution < -0.4 is 5.73 Å². The number of hydrogen-bond acceptors (Lipinski definition) is 2. The topological polar surface area (TPSA) is 43.8 Å². The highest BCUT2D eigenvalue weighted by atomic mass is 35.5. The Balaban J connectivity index is 1.90. The summed E-state index contributed by atoms with van der Waals surface area (Å²) >= 11 is 6.16. The van der Waals surface area contributed by atoms with Crippen molar-refractivity contribution >= 4 is 28.3 Å². The maximum Gasteiger partial charge on any atom is 0.141 e. The quantitative estimate of drug-likeness (QED) is 0.511. The number of nitrogens with zero attached hydrogens (tertiary/aromatic N) is 2. The molecule has 0 aliphatic carbocycles. The molecule has 2 N–H and O–H groups in total. The number of aryl methyl sites for hydroxylation is 1. The number of para-hydroxylation sites is 2. The number of hydrogen-bond donors (Lipinski definition) is 1. The Bertz CT molecular complexity index is 1070. The number of nitrogens with two attached hydrogens (primary N) is 1. The van der Waals surface area contributed by atoms with Crippen molar-refractivity contribution < 1.29 is 0 Å². The number of fused-ring (bicyclic) bond motifs is 1. The fourth-order valence-corrected chi connectivity index (χ4v) is 3.27. The molecule has 0 aliphatic rings. The van der Waals surface area contributed by atoms with E-state index in [0.29, 0.717) is 6.54 Å². The normalized spacial score (nSPS) is 11.1. The van der Waals surface area contributed by atoms with Gasteiger partial charge in [0.05, 0.1) is 11.0 Å². The summed E-state index contributed by atoms with van der Waals surface area (Å²) in [5.74, 6) is 0.910. The first-order chi connectivity index (χ1) is 12.1. The van der Waals surface area contributed by atoms with Gasteiger partial charge >= 0.3 is 0 Å². The lowest BCUT2D eigenvalue weighted by Crippen LogP contribution is -2.03. The van der Waals surface area contributed by atoms with E-state index in [1.165, 1.54) is 0 Å². The first kappa shape index (κ1) is 15.7. The van der Waals surface area contributed by atoms with E-state index in [9.17, 15) is 0 Å². The van der Waals surface area contributed by atoms with Crippen LogP contribution in [0, 0.1) is 6.92 Å². The number of imidazole rings is 1. The Labute approximate surface area is 151 Å². The van der Waals surface area contributed by atoms with Gasteiger partial charge in [-0.1, -0.05) is 48.0 Å². The van der Waals surface area contributed by atoms with Crippen molar-refractivity contribution in [3.8, 4) is 11.4 Å². The zero-order valence-electron chi connectivity index (χ0n) is 13.9. The van der Waals surface area contributed by atoms with Crippen molar-refractivity contribution in [2.24, 2.45) is 0 Å². The SMILES string of the molecule is Cc1ccc(-c2nc3ccccc3n2Cc2cccc(Cl)c2)cc1N. The number of aromatic nitrogens is 2. The van der Waals surface area contributed by atoms with Gasteiger partial charge in [-0.05, 0) is 48.4 Å². The van der Waals surface area contributed by atoms with Crippen molar-refractivity contribution in [2.75, 3.05) is 5.73 Å². The van der Waals surface area contributed by atoms with Crippen LogP contribution in [0.3, 0.4) is 0 Å². The summed E-state index contributed by atoms with van der Waals surface area (Å²) in [6.07, 6.45) is 0. The summed E-state index contributed by atoms with van der Waals surface area (Å²) in [5, 5.41) is 0.739. The van der Waals surface area contributed by atoms with Crippen molar-refractivity contribution in [2.45, 2.75) is 13.5 Å². The predicted molar refractivity (Wildman–Crippen MR) is 105 cm³/mol. The Hall–Kier alpha value is -2.78. The fourth-order valence-electron chi connectivity index (χ4n) is 3.05. The average Bonchev–Trinajstić information content (AvgIpc) is 2.96. The molecule has 4 heteroatoms. The molecule has 0 atom stereocenters. The average molecular weight is 348 g/mol. The van der Waals surface area contributed by atoms with Crippen molar-refractivity contribution in [3.63, 3.8) is 0 Å². The summed E-state index contributed by atoms with van der Waals surface area (Å²) in [7, 11) is 0. The third kappa shape index (κ3) is 2.99. The zero-order valence-corrected chi connectivity index (χ0v) is 14.7. The minimum Gasteiger partial charge on any atom is -0.398 e. The lowest BCUT2D eigenvalue weighted by molar-refractivity contribution is 0.834. The van der Waals surface area contributed by atoms with Crippen molar-refractivity contribution in [1.82, 2.24) is 9.55 Å².